The monoisotopic (exact) mass is 333 g/mol. The Hall–Kier alpha value is -3.34. The maximum absolute atomic E-state index is 12.5. The lowest BCUT2D eigenvalue weighted by atomic mass is 10.0. The van der Waals surface area contributed by atoms with Crippen LogP contribution in [0, 0.1) is 0 Å². The van der Waals surface area contributed by atoms with Crippen molar-refractivity contribution in [1.29, 1.82) is 0 Å². The molecule has 0 saturated carbocycles. The zero-order valence-electron chi connectivity index (χ0n) is 13.5. The number of fused-ring (bicyclic) bond motifs is 1. The summed E-state index contributed by atoms with van der Waals surface area (Å²) in [5.41, 5.74) is 2.12. The van der Waals surface area contributed by atoms with E-state index in [9.17, 15) is 9.59 Å². The Labute approximate surface area is 143 Å². The second-order valence-corrected chi connectivity index (χ2v) is 5.94. The minimum atomic E-state index is -1.42. The van der Waals surface area contributed by atoms with Gasteiger partial charge in [0.05, 0.1) is 0 Å². The topological polar surface area (TPSA) is 68.4 Å². The van der Waals surface area contributed by atoms with Crippen LogP contribution >= 0.6 is 0 Å². The summed E-state index contributed by atoms with van der Waals surface area (Å²) < 4.78 is 10.9. The van der Waals surface area contributed by atoms with E-state index in [0.29, 0.717) is 5.56 Å². The van der Waals surface area contributed by atoms with E-state index in [0.717, 1.165) is 16.5 Å². The molecule has 124 valence electrons. The highest BCUT2D eigenvalue weighted by molar-refractivity contribution is 6.19. The Morgan fingerprint density at radius 1 is 0.920 bits per heavy atom. The van der Waals surface area contributed by atoms with Crippen molar-refractivity contribution in [3.63, 3.8) is 0 Å². The lowest BCUT2D eigenvalue weighted by Gasteiger charge is -2.33. The summed E-state index contributed by atoms with van der Waals surface area (Å²) in [4.78, 5) is 28.0. The summed E-state index contributed by atoms with van der Waals surface area (Å²) in [5, 5.41) is 0.909. The normalized spacial score (nSPS) is 20.3. The summed E-state index contributed by atoms with van der Waals surface area (Å²) in [5.74, 6) is -2.83. The molecule has 0 aliphatic carbocycles. The predicted molar refractivity (Wildman–Crippen MR) is 92.3 cm³/mol. The van der Waals surface area contributed by atoms with Gasteiger partial charge in [0.2, 0.25) is 0 Å². The number of nitrogens with one attached hydrogen (secondary N) is 1. The fraction of sp³-hybridized carbons (Fsp3) is 0.100. The van der Waals surface area contributed by atoms with E-state index < -0.39 is 17.7 Å². The fourth-order valence-corrected chi connectivity index (χ4v) is 2.91. The van der Waals surface area contributed by atoms with Gasteiger partial charge < -0.3 is 14.5 Å². The average molecular weight is 333 g/mol. The van der Waals surface area contributed by atoms with Crippen LogP contribution in [0.15, 0.2) is 66.4 Å². The van der Waals surface area contributed by atoms with Gasteiger partial charge in [-0.3, -0.25) is 0 Å². The number of carbonyl (C=O) groups is 2. The number of rotatable bonds is 2. The molecule has 1 N–H and O–H groups in total. The van der Waals surface area contributed by atoms with Crippen LogP contribution in [0.3, 0.4) is 0 Å². The fourth-order valence-electron chi connectivity index (χ4n) is 2.91. The number of benzene rings is 2. The van der Waals surface area contributed by atoms with E-state index >= 15 is 0 Å². The van der Waals surface area contributed by atoms with Gasteiger partial charge in [-0.1, -0.05) is 48.5 Å². The highest BCUT2D eigenvalue weighted by atomic mass is 16.7. The molecule has 3 aromatic rings. The molecule has 1 saturated heterocycles. The molecule has 2 heterocycles. The first-order valence-corrected chi connectivity index (χ1v) is 7.87. The highest BCUT2D eigenvalue weighted by Crippen LogP contribution is 2.34. The Kier molecular flexibility index (Phi) is 3.42. The van der Waals surface area contributed by atoms with Crippen molar-refractivity contribution in [3.05, 3.63) is 77.5 Å². The van der Waals surface area contributed by atoms with Gasteiger partial charge in [0.15, 0.2) is 0 Å². The van der Waals surface area contributed by atoms with Crippen LogP contribution in [0.2, 0.25) is 0 Å². The summed E-state index contributed by atoms with van der Waals surface area (Å²) in [6.45, 7) is 1.56. The Balaban J connectivity index is 1.70. The molecule has 2 aromatic carbocycles. The number of carbonyl (C=O) groups excluding carboxylic acids is 2. The molecule has 4 rings (SSSR count). The highest BCUT2D eigenvalue weighted by Gasteiger charge is 2.43. The van der Waals surface area contributed by atoms with Crippen LogP contribution < -0.4 is 0 Å². The van der Waals surface area contributed by atoms with Gasteiger partial charge in [-0.05, 0) is 12.1 Å². The number of para-hydroxylation sites is 1. The Morgan fingerprint density at radius 2 is 1.56 bits per heavy atom. The molecule has 0 radical (unpaired) electrons. The van der Waals surface area contributed by atoms with Gasteiger partial charge in [-0.25, -0.2) is 9.59 Å². The molecule has 0 amide bonds. The van der Waals surface area contributed by atoms with Gasteiger partial charge in [-0.2, -0.15) is 0 Å². The summed E-state index contributed by atoms with van der Waals surface area (Å²) in [6, 6.07) is 16.5. The summed E-state index contributed by atoms with van der Waals surface area (Å²) in [7, 11) is 0. The smallest absolute Gasteiger partial charge is 0.349 e. The Morgan fingerprint density at radius 3 is 2.28 bits per heavy atom. The molecule has 0 spiro atoms. The third kappa shape index (κ3) is 2.59. The molecule has 0 atom stereocenters. The number of hydrogen-bond acceptors (Lipinski definition) is 4. The number of ether oxygens (including phenoxy) is 2. The average Bonchev–Trinajstić information content (AvgIpc) is 3.02. The largest absolute Gasteiger partial charge is 0.414 e. The van der Waals surface area contributed by atoms with Crippen molar-refractivity contribution < 1.29 is 19.1 Å². The molecule has 0 unspecified atom stereocenters. The quantitative estimate of drug-likeness (QED) is 0.442. The van der Waals surface area contributed by atoms with Gasteiger partial charge in [0.25, 0.3) is 5.79 Å². The van der Waals surface area contributed by atoms with Crippen LogP contribution in [0.25, 0.3) is 17.0 Å². The maximum Gasteiger partial charge on any atom is 0.349 e. The number of aromatic amines is 1. The van der Waals surface area contributed by atoms with Gasteiger partial charge in [0.1, 0.15) is 5.57 Å². The number of aromatic nitrogens is 1. The zero-order valence-corrected chi connectivity index (χ0v) is 13.5. The van der Waals surface area contributed by atoms with E-state index in [1.807, 2.05) is 30.3 Å². The van der Waals surface area contributed by atoms with Crippen LogP contribution in [-0.4, -0.2) is 16.9 Å². The van der Waals surface area contributed by atoms with Crippen molar-refractivity contribution in [2.45, 2.75) is 12.7 Å². The minimum Gasteiger partial charge on any atom is -0.414 e. The maximum atomic E-state index is 12.5. The van der Waals surface area contributed by atoms with Gasteiger partial charge >= 0.3 is 11.9 Å². The van der Waals surface area contributed by atoms with Crippen molar-refractivity contribution in [3.8, 4) is 0 Å². The molecule has 1 fully saturated rings. The zero-order chi connectivity index (χ0) is 17.4. The van der Waals surface area contributed by atoms with E-state index in [2.05, 4.69) is 4.98 Å². The standard InChI is InChI=1S/C20H15NO4/c1-20(14-7-3-2-4-8-14)24-18(22)16(19(23)25-20)11-13-12-21-17-10-6-5-9-15(13)17/h2-12,21H,1H3. The van der Waals surface area contributed by atoms with Crippen LogP contribution in [-0.2, 0) is 24.8 Å². The van der Waals surface area contributed by atoms with E-state index in [4.69, 9.17) is 9.47 Å². The first-order valence-electron chi connectivity index (χ1n) is 7.87. The Bertz CT molecular complexity index is 981. The van der Waals surface area contributed by atoms with E-state index in [1.165, 1.54) is 6.08 Å². The van der Waals surface area contributed by atoms with Crippen molar-refractivity contribution >= 4 is 28.9 Å². The molecular weight excluding hydrogens is 318 g/mol. The van der Waals surface area contributed by atoms with Crippen LogP contribution in [0.5, 0.6) is 0 Å². The number of esters is 2. The summed E-state index contributed by atoms with van der Waals surface area (Å²) in [6.07, 6.45) is 3.23. The van der Waals surface area contributed by atoms with Gasteiger partial charge in [-0.15, -0.1) is 0 Å². The number of hydrogen-bond donors (Lipinski definition) is 1. The number of H-pyrrole nitrogens is 1. The van der Waals surface area contributed by atoms with Crippen molar-refractivity contribution in [2.24, 2.45) is 0 Å². The molecule has 25 heavy (non-hydrogen) atoms. The second kappa shape index (κ2) is 5.63. The molecule has 1 aliphatic rings. The van der Waals surface area contributed by atoms with Crippen molar-refractivity contribution in [2.75, 3.05) is 0 Å². The second-order valence-electron chi connectivity index (χ2n) is 5.94. The molecule has 5 nitrogen and oxygen atoms in total. The lowest BCUT2D eigenvalue weighted by Crippen LogP contribution is -2.42. The summed E-state index contributed by atoms with van der Waals surface area (Å²) >= 11 is 0. The van der Waals surface area contributed by atoms with E-state index in [-0.39, 0.29) is 5.57 Å². The number of cyclic esters (lactones) is 2. The first kappa shape index (κ1) is 15.2. The SMILES string of the molecule is CC1(c2ccccc2)OC(=O)C(=Cc2c[nH]c3ccccc23)C(=O)O1. The molecule has 1 aliphatic heterocycles. The minimum absolute atomic E-state index is 0.127. The molecule has 1 aromatic heterocycles. The van der Waals surface area contributed by atoms with Crippen molar-refractivity contribution in [1.82, 2.24) is 4.98 Å². The van der Waals surface area contributed by atoms with Crippen LogP contribution in [0.1, 0.15) is 18.1 Å². The molecule has 0 bridgehead atoms. The lowest BCUT2D eigenvalue weighted by molar-refractivity contribution is -0.233. The first-order chi connectivity index (χ1) is 12.1. The third-order valence-electron chi connectivity index (χ3n) is 4.23. The van der Waals surface area contributed by atoms with E-state index in [1.54, 1.807) is 37.4 Å². The van der Waals surface area contributed by atoms with Crippen LogP contribution in [0.4, 0.5) is 0 Å². The molecule has 5 heteroatoms. The van der Waals surface area contributed by atoms with Gasteiger partial charge in [0, 0.05) is 35.2 Å². The predicted octanol–water partition coefficient (Wildman–Crippen LogP) is 3.52. The molecular formula is C20H15NO4. The third-order valence-corrected chi connectivity index (χ3v) is 4.23.